The van der Waals surface area contributed by atoms with Crippen LogP contribution in [0.15, 0.2) is 18.2 Å². The minimum atomic E-state index is -0.561. The number of hydrogen-bond donors (Lipinski definition) is 1. The normalized spacial score (nSPS) is 12.0. The fraction of sp³-hybridized carbons (Fsp3) is 0.455. The summed E-state index contributed by atoms with van der Waals surface area (Å²) in [6.45, 7) is 2.05. The van der Waals surface area contributed by atoms with E-state index in [1.807, 2.05) is 6.92 Å². The maximum Gasteiger partial charge on any atom is 0.130 e. The molecule has 0 saturated carbocycles. The van der Waals surface area contributed by atoms with E-state index in [4.69, 9.17) is 5.73 Å². The standard InChI is InChI=1S/C11H15F2N.ClH/c1-2-3-4-11(14)9-6-5-8(12)7-10(9)13;/h5-7,11H,2-4,14H2,1H3;1H/t11-;/m0./s1. The summed E-state index contributed by atoms with van der Waals surface area (Å²) >= 11 is 0. The molecule has 0 heterocycles. The predicted octanol–water partition coefficient (Wildman–Crippen LogP) is 3.58. The van der Waals surface area contributed by atoms with E-state index in [2.05, 4.69) is 0 Å². The van der Waals surface area contributed by atoms with Crippen molar-refractivity contribution >= 4 is 12.4 Å². The van der Waals surface area contributed by atoms with E-state index in [9.17, 15) is 8.78 Å². The lowest BCUT2D eigenvalue weighted by molar-refractivity contribution is 0.533. The van der Waals surface area contributed by atoms with Gasteiger partial charge in [0.25, 0.3) is 0 Å². The van der Waals surface area contributed by atoms with Gasteiger partial charge in [0.15, 0.2) is 0 Å². The number of nitrogens with two attached hydrogens (primary N) is 1. The first-order valence-corrected chi connectivity index (χ1v) is 4.85. The van der Waals surface area contributed by atoms with E-state index < -0.39 is 11.6 Å². The molecular formula is C11H16ClF2N. The Balaban J connectivity index is 0.00000196. The second kappa shape index (κ2) is 6.75. The summed E-state index contributed by atoms with van der Waals surface area (Å²) in [5.74, 6) is -1.11. The van der Waals surface area contributed by atoms with Crippen molar-refractivity contribution in [2.75, 3.05) is 0 Å². The van der Waals surface area contributed by atoms with Gasteiger partial charge in [-0.1, -0.05) is 25.8 Å². The molecule has 0 aliphatic rings. The summed E-state index contributed by atoms with van der Waals surface area (Å²) in [4.78, 5) is 0. The molecule has 0 unspecified atom stereocenters. The minimum absolute atomic E-state index is 0. The van der Waals surface area contributed by atoms with Crippen LogP contribution in [0.25, 0.3) is 0 Å². The summed E-state index contributed by atoms with van der Waals surface area (Å²) in [7, 11) is 0. The number of benzene rings is 1. The van der Waals surface area contributed by atoms with Crippen molar-refractivity contribution in [1.29, 1.82) is 0 Å². The Morgan fingerprint density at radius 2 is 2.00 bits per heavy atom. The van der Waals surface area contributed by atoms with E-state index >= 15 is 0 Å². The third-order valence-electron chi connectivity index (χ3n) is 2.23. The molecular weight excluding hydrogens is 220 g/mol. The van der Waals surface area contributed by atoms with Crippen molar-refractivity contribution in [3.63, 3.8) is 0 Å². The average molecular weight is 236 g/mol. The third kappa shape index (κ3) is 4.14. The lowest BCUT2D eigenvalue weighted by atomic mass is 10.0. The molecule has 0 radical (unpaired) electrons. The van der Waals surface area contributed by atoms with Gasteiger partial charge in [0.2, 0.25) is 0 Å². The highest BCUT2D eigenvalue weighted by Gasteiger charge is 2.11. The molecule has 1 atom stereocenters. The molecule has 2 N–H and O–H groups in total. The molecule has 0 spiro atoms. The molecule has 0 bridgehead atoms. The van der Waals surface area contributed by atoms with Gasteiger partial charge in [-0.25, -0.2) is 8.78 Å². The van der Waals surface area contributed by atoms with Crippen molar-refractivity contribution < 1.29 is 8.78 Å². The van der Waals surface area contributed by atoms with Gasteiger partial charge in [0.05, 0.1) is 0 Å². The van der Waals surface area contributed by atoms with Crippen LogP contribution in [0, 0.1) is 11.6 Å². The second-order valence-electron chi connectivity index (χ2n) is 3.41. The highest BCUT2D eigenvalue weighted by atomic mass is 35.5. The molecule has 86 valence electrons. The lowest BCUT2D eigenvalue weighted by Gasteiger charge is -2.12. The first kappa shape index (κ1) is 14.3. The van der Waals surface area contributed by atoms with Gasteiger partial charge in [0, 0.05) is 17.7 Å². The fourth-order valence-corrected chi connectivity index (χ4v) is 1.38. The molecule has 0 amide bonds. The molecule has 15 heavy (non-hydrogen) atoms. The molecule has 0 fully saturated rings. The van der Waals surface area contributed by atoms with Crippen molar-refractivity contribution in [2.45, 2.75) is 32.2 Å². The van der Waals surface area contributed by atoms with Gasteiger partial charge in [-0.15, -0.1) is 12.4 Å². The Hall–Kier alpha value is -0.670. The highest BCUT2D eigenvalue weighted by Crippen LogP contribution is 2.20. The van der Waals surface area contributed by atoms with Crippen molar-refractivity contribution in [3.05, 3.63) is 35.4 Å². The van der Waals surface area contributed by atoms with Crippen LogP contribution in [-0.4, -0.2) is 0 Å². The molecule has 0 aromatic heterocycles. The Morgan fingerprint density at radius 3 is 2.53 bits per heavy atom. The van der Waals surface area contributed by atoms with Gasteiger partial charge in [-0.05, 0) is 12.5 Å². The summed E-state index contributed by atoms with van der Waals surface area (Å²) in [5.41, 5.74) is 6.17. The van der Waals surface area contributed by atoms with Crippen molar-refractivity contribution in [2.24, 2.45) is 5.73 Å². The zero-order chi connectivity index (χ0) is 10.6. The van der Waals surface area contributed by atoms with Crippen LogP contribution in [0.2, 0.25) is 0 Å². The van der Waals surface area contributed by atoms with E-state index in [-0.39, 0.29) is 18.4 Å². The fourth-order valence-electron chi connectivity index (χ4n) is 1.38. The first-order chi connectivity index (χ1) is 6.65. The average Bonchev–Trinajstić information content (AvgIpc) is 2.14. The monoisotopic (exact) mass is 235 g/mol. The first-order valence-electron chi connectivity index (χ1n) is 4.85. The molecule has 0 aliphatic carbocycles. The van der Waals surface area contributed by atoms with Gasteiger partial charge in [0.1, 0.15) is 11.6 Å². The number of rotatable bonds is 4. The van der Waals surface area contributed by atoms with Crippen LogP contribution in [0.5, 0.6) is 0 Å². The molecule has 0 saturated heterocycles. The Morgan fingerprint density at radius 1 is 1.33 bits per heavy atom. The molecule has 4 heteroatoms. The maximum atomic E-state index is 13.2. The lowest BCUT2D eigenvalue weighted by Crippen LogP contribution is -2.12. The quantitative estimate of drug-likeness (QED) is 0.848. The van der Waals surface area contributed by atoms with Gasteiger partial charge >= 0.3 is 0 Å². The highest BCUT2D eigenvalue weighted by molar-refractivity contribution is 5.85. The molecule has 1 aromatic rings. The molecule has 1 aromatic carbocycles. The number of halogens is 3. The van der Waals surface area contributed by atoms with Crippen LogP contribution in [0.1, 0.15) is 37.8 Å². The summed E-state index contributed by atoms with van der Waals surface area (Å²) in [5, 5.41) is 0. The molecule has 0 aliphatic heterocycles. The number of hydrogen-bond acceptors (Lipinski definition) is 1. The smallest absolute Gasteiger partial charge is 0.130 e. The third-order valence-corrected chi connectivity index (χ3v) is 2.23. The SMILES string of the molecule is CCCC[C@H](N)c1ccc(F)cc1F.Cl. The topological polar surface area (TPSA) is 26.0 Å². The zero-order valence-corrected chi connectivity index (χ0v) is 9.49. The van der Waals surface area contributed by atoms with Crippen LogP contribution >= 0.6 is 12.4 Å². The van der Waals surface area contributed by atoms with Crippen LogP contribution in [0.4, 0.5) is 8.78 Å². The zero-order valence-electron chi connectivity index (χ0n) is 8.67. The Bertz CT molecular complexity index is 305. The van der Waals surface area contributed by atoms with E-state index in [0.29, 0.717) is 5.56 Å². The van der Waals surface area contributed by atoms with E-state index in [1.165, 1.54) is 12.1 Å². The maximum absolute atomic E-state index is 13.2. The van der Waals surface area contributed by atoms with Crippen LogP contribution in [-0.2, 0) is 0 Å². The van der Waals surface area contributed by atoms with Crippen molar-refractivity contribution in [3.8, 4) is 0 Å². The van der Waals surface area contributed by atoms with Crippen molar-refractivity contribution in [1.82, 2.24) is 0 Å². The van der Waals surface area contributed by atoms with Crippen LogP contribution in [0.3, 0.4) is 0 Å². The van der Waals surface area contributed by atoms with E-state index in [0.717, 1.165) is 25.3 Å². The largest absolute Gasteiger partial charge is 0.324 e. The molecule has 1 nitrogen and oxygen atoms in total. The molecule has 1 rings (SSSR count). The van der Waals surface area contributed by atoms with Gasteiger partial charge in [-0.3, -0.25) is 0 Å². The minimum Gasteiger partial charge on any atom is -0.324 e. The summed E-state index contributed by atoms with van der Waals surface area (Å²) in [6.07, 6.45) is 2.72. The Labute approximate surface area is 95.1 Å². The Kier molecular flexibility index (Phi) is 6.45. The number of unbranched alkanes of at least 4 members (excludes halogenated alkanes) is 1. The van der Waals surface area contributed by atoms with E-state index in [1.54, 1.807) is 0 Å². The second-order valence-corrected chi connectivity index (χ2v) is 3.41. The van der Waals surface area contributed by atoms with Gasteiger partial charge in [-0.2, -0.15) is 0 Å². The summed E-state index contributed by atoms with van der Waals surface area (Å²) < 4.78 is 25.8. The predicted molar refractivity (Wildman–Crippen MR) is 60.1 cm³/mol. The summed E-state index contributed by atoms with van der Waals surface area (Å²) in [6, 6.07) is 3.21. The van der Waals surface area contributed by atoms with Crippen LogP contribution < -0.4 is 5.73 Å². The van der Waals surface area contributed by atoms with Gasteiger partial charge < -0.3 is 5.73 Å².